The number of nitrogens with zero attached hydrogens (tertiary/aromatic N) is 1. The molecule has 0 radical (unpaired) electrons. The van der Waals surface area contributed by atoms with Crippen molar-refractivity contribution in [3.63, 3.8) is 0 Å². The molecule has 0 spiro atoms. The van der Waals surface area contributed by atoms with Gasteiger partial charge in [-0.2, -0.15) is 0 Å². The number of amides is 1. The molecule has 4 aromatic rings. The van der Waals surface area contributed by atoms with E-state index in [4.69, 9.17) is 5.73 Å². The lowest BCUT2D eigenvalue weighted by Crippen LogP contribution is -2.17. The van der Waals surface area contributed by atoms with Crippen LogP contribution in [0.5, 0.6) is 0 Å². The van der Waals surface area contributed by atoms with Crippen molar-refractivity contribution in [2.75, 3.05) is 0 Å². The lowest BCUT2D eigenvalue weighted by molar-refractivity contribution is 0.0964. The lowest BCUT2D eigenvalue weighted by Gasteiger charge is -2.10. The summed E-state index contributed by atoms with van der Waals surface area (Å²) in [6.07, 6.45) is 0. The third kappa shape index (κ3) is 2.35. The van der Waals surface area contributed by atoms with Gasteiger partial charge in [0.2, 0.25) is 0 Å². The molecule has 0 atom stereocenters. The zero-order valence-electron chi connectivity index (χ0n) is 14.0. The molecule has 0 saturated heterocycles. The molecule has 0 unspecified atom stereocenters. The highest BCUT2D eigenvalue weighted by Crippen LogP contribution is 2.30. The summed E-state index contributed by atoms with van der Waals surface area (Å²) in [6.45, 7) is 1.75. The van der Waals surface area contributed by atoms with Gasteiger partial charge in [0.15, 0.2) is 0 Å². The van der Waals surface area contributed by atoms with Crippen LogP contribution in [0.3, 0.4) is 0 Å². The molecule has 5 heteroatoms. The third-order valence-corrected chi connectivity index (χ3v) is 5.35. The fraction of sp³-hybridized carbons (Fsp3) is 0.0476. The van der Waals surface area contributed by atoms with Crippen LogP contribution in [0, 0.1) is 6.92 Å². The minimum atomic E-state index is -0.536. The number of carbonyl (C=O) groups is 2. The van der Waals surface area contributed by atoms with E-state index in [-0.39, 0.29) is 5.91 Å². The zero-order chi connectivity index (χ0) is 18.4. The van der Waals surface area contributed by atoms with Crippen LogP contribution in [0.25, 0.3) is 21.7 Å². The first kappa shape index (κ1) is 16.5. The summed E-state index contributed by atoms with van der Waals surface area (Å²) in [7, 11) is 0. The highest BCUT2D eigenvalue weighted by atomic mass is 79.9. The van der Waals surface area contributed by atoms with E-state index < -0.39 is 5.91 Å². The van der Waals surface area contributed by atoms with Crippen LogP contribution < -0.4 is 5.73 Å². The predicted molar refractivity (Wildman–Crippen MR) is 107 cm³/mol. The molecule has 1 aromatic heterocycles. The lowest BCUT2D eigenvalue weighted by atomic mass is 10.0. The fourth-order valence-electron chi connectivity index (χ4n) is 3.52. The van der Waals surface area contributed by atoms with Gasteiger partial charge in [-0.25, -0.2) is 0 Å². The van der Waals surface area contributed by atoms with Gasteiger partial charge in [-0.05, 0) is 35.9 Å². The maximum atomic E-state index is 13.4. The highest BCUT2D eigenvalue weighted by Gasteiger charge is 2.23. The molecule has 0 aliphatic heterocycles. The minimum absolute atomic E-state index is 0.185. The van der Waals surface area contributed by atoms with E-state index >= 15 is 0 Å². The number of rotatable bonds is 2. The Morgan fingerprint density at radius 1 is 0.885 bits per heavy atom. The molecule has 1 amide bonds. The summed E-state index contributed by atoms with van der Waals surface area (Å²) in [6, 6.07) is 18.7. The van der Waals surface area contributed by atoms with Crippen molar-refractivity contribution in [2.45, 2.75) is 6.92 Å². The number of halogens is 1. The Labute approximate surface area is 158 Å². The summed E-state index contributed by atoms with van der Waals surface area (Å²) in [5.41, 5.74) is 7.76. The second kappa shape index (κ2) is 6.11. The summed E-state index contributed by atoms with van der Waals surface area (Å²) < 4.78 is 2.50. The van der Waals surface area contributed by atoms with E-state index in [0.717, 1.165) is 15.2 Å². The number of fused-ring (bicyclic) bond motifs is 2. The van der Waals surface area contributed by atoms with Crippen molar-refractivity contribution < 1.29 is 9.59 Å². The van der Waals surface area contributed by atoms with Gasteiger partial charge in [0.25, 0.3) is 11.8 Å². The van der Waals surface area contributed by atoms with Gasteiger partial charge in [0.1, 0.15) is 0 Å². The summed E-state index contributed by atoms with van der Waals surface area (Å²) in [5, 5.41) is 2.50. The Morgan fingerprint density at radius 2 is 1.54 bits per heavy atom. The number of hydrogen-bond donors (Lipinski definition) is 1. The van der Waals surface area contributed by atoms with E-state index in [1.54, 1.807) is 17.6 Å². The van der Waals surface area contributed by atoms with Gasteiger partial charge >= 0.3 is 0 Å². The fourth-order valence-corrected chi connectivity index (χ4v) is 4.02. The SMILES string of the molecule is Cc1c(C(N)=O)c2ccccc2n1C(=O)c1cccc2c(Br)cccc12. The van der Waals surface area contributed by atoms with Gasteiger partial charge in [-0.3, -0.25) is 14.2 Å². The quantitative estimate of drug-likeness (QED) is 0.526. The van der Waals surface area contributed by atoms with Crippen LogP contribution in [0.1, 0.15) is 26.4 Å². The molecule has 1 heterocycles. The summed E-state index contributed by atoms with van der Waals surface area (Å²) >= 11 is 3.53. The van der Waals surface area contributed by atoms with Gasteiger partial charge in [-0.1, -0.05) is 58.4 Å². The van der Waals surface area contributed by atoms with Crippen LogP contribution in [-0.2, 0) is 0 Å². The number of aromatic nitrogens is 1. The monoisotopic (exact) mass is 406 g/mol. The van der Waals surface area contributed by atoms with Crippen molar-refractivity contribution in [3.8, 4) is 0 Å². The Kier molecular flexibility index (Phi) is 3.89. The van der Waals surface area contributed by atoms with Gasteiger partial charge in [0.05, 0.1) is 11.1 Å². The summed E-state index contributed by atoms with van der Waals surface area (Å²) in [4.78, 5) is 25.4. The molecule has 0 fully saturated rings. The maximum Gasteiger partial charge on any atom is 0.263 e. The van der Waals surface area contributed by atoms with Gasteiger partial charge < -0.3 is 5.73 Å². The average Bonchev–Trinajstić information content (AvgIpc) is 2.93. The molecule has 0 saturated carbocycles. The molecular weight excluding hydrogens is 392 g/mol. The molecule has 0 aliphatic carbocycles. The third-order valence-electron chi connectivity index (χ3n) is 4.66. The molecule has 128 valence electrons. The highest BCUT2D eigenvalue weighted by molar-refractivity contribution is 9.10. The van der Waals surface area contributed by atoms with Crippen LogP contribution in [-0.4, -0.2) is 16.4 Å². The van der Waals surface area contributed by atoms with Crippen molar-refractivity contribution in [3.05, 3.63) is 82.0 Å². The second-order valence-corrected chi connectivity index (χ2v) is 6.98. The number of hydrogen-bond acceptors (Lipinski definition) is 2. The molecule has 2 N–H and O–H groups in total. The van der Waals surface area contributed by atoms with Crippen LogP contribution >= 0.6 is 15.9 Å². The predicted octanol–water partition coefficient (Wildman–Crippen LogP) is 4.65. The van der Waals surface area contributed by atoms with Crippen molar-refractivity contribution in [1.82, 2.24) is 4.57 Å². The largest absolute Gasteiger partial charge is 0.366 e. The Morgan fingerprint density at radius 3 is 2.31 bits per heavy atom. The van der Waals surface area contributed by atoms with Crippen LogP contribution in [0.15, 0.2) is 65.1 Å². The Hall–Kier alpha value is -2.92. The topological polar surface area (TPSA) is 65.1 Å². The first-order chi connectivity index (χ1) is 12.5. The normalized spacial score (nSPS) is 11.2. The number of nitrogens with two attached hydrogens (primary N) is 1. The molecule has 4 nitrogen and oxygen atoms in total. The number of para-hydroxylation sites is 1. The van der Waals surface area contributed by atoms with E-state index in [2.05, 4.69) is 15.9 Å². The molecular formula is C21H15BrN2O2. The van der Waals surface area contributed by atoms with Gasteiger partial charge in [0, 0.05) is 21.1 Å². The molecule has 4 rings (SSSR count). The summed E-state index contributed by atoms with van der Waals surface area (Å²) in [5.74, 6) is -0.721. The standard InChI is InChI=1S/C21H15BrN2O2/c1-12-19(20(23)25)16-6-2-3-11-18(16)24(12)21(26)15-9-4-8-14-13(15)7-5-10-17(14)22/h2-11H,1H3,(H2,23,25). The first-order valence-electron chi connectivity index (χ1n) is 8.12. The van der Waals surface area contributed by atoms with E-state index in [1.807, 2.05) is 54.6 Å². The zero-order valence-corrected chi connectivity index (χ0v) is 15.6. The van der Waals surface area contributed by atoms with E-state index in [0.29, 0.717) is 27.7 Å². The molecule has 3 aromatic carbocycles. The molecule has 0 bridgehead atoms. The number of benzene rings is 3. The smallest absolute Gasteiger partial charge is 0.263 e. The second-order valence-electron chi connectivity index (χ2n) is 6.12. The number of primary amides is 1. The maximum absolute atomic E-state index is 13.4. The molecule has 26 heavy (non-hydrogen) atoms. The van der Waals surface area contributed by atoms with E-state index in [9.17, 15) is 9.59 Å². The van der Waals surface area contributed by atoms with Crippen molar-refractivity contribution in [2.24, 2.45) is 5.73 Å². The first-order valence-corrected chi connectivity index (χ1v) is 8.92. The van der Waals surface area contributed by atoms with Crippen molar-refractivity contribution in [1.29, 1.82) is 0 Å². The Balaban J connectivity index is 2.04. The van der Waals surface area contributed by atoms with Crippen molar-refractivity contribution >= 4 is 49.4 Å². The Bertz CT molecular complexity index is 1210. The van der Waals surface area contributed by atoms with Gasteiger partial charge in [-0.15, -0.1) is 0 Å². The minimum Gasteiger partial charge on any atom is -0.366 e. The molecule has 0 aliphatic rings. The average molecular weight is 407 g/mol. The number of carbonyl (C=O) groups excluding carboxylic acids is 2. The van der Waals surface area contributed by atoms with E-state index in [1.165, 1.54) is 0 Å². The van der Waals surface area contributed by atoms with Crippen LogP contribution in [0.4, 0.5) is 0 Å². The van der Waals surface area contributed by atoms with Crippen LogP contribution in [0.2, 0.25) is 0 Å².